The van der Waals surface area contributed by atoms with Crippen molar-refractivity contribution in [1.82, 2.24) is 4.98 Å². The molecule has 0 aromatic carbocycles. The molecule has 1 N–H and O–H groups in total. The van der Waals surface area contributed by atoms with E-state index in [4.69, 9.17) is 16.7 Å². The summed E-state index contributed by atoms with van der Waals surface area (Å²) < 4.78 is 0. The molecule has 1 aromatic rings. The molecule has 0 atom stereocenters. The number of carboxylic acids is 1. The Bertz CT molecular complexity index is 400. The smallest absolute Gasteiger partial charge is 0.338 e. The average Bonchev–Trinajstić information content (AvgIpc) is 2.30. The summed E-state index contributed by atoms with van der Waals surface area (Å²) >= 11 is 5.74. The van der Waals surface area contributed by atoms with Crippen LogP contribution in [0.2, 0.25) is 5.15 Å². The van der Waals surface area contributed by atoms with Gasteiger partial charge in [-0.3, -0.25) is 0 Å². The first-order chi connectivity index (χ1) is 7.68. The van der Waals surface area contributed by atoms with Crippen LogP contribution in [0.5, 0.6) is 0 Å². The maximum absolute atomic E-state index is 10.9. The van der Waals surface area contributed by atoms with Crippen molar-refractivity contribution in [2.45, 2.75) is 38.0 Å². The quantitative estimate of drug-likeness (QED) is 0.804. The first-order valence-corrected chi connectivity index (χ1v) is 5.95. The molecule has 0 unspecified atom stereocenters. The minimum atomic E-state index is -1.00. The predicted octanol–water partition coefficient (Wildman–Crippen LogP) is 3.48. The van der Waals surface area contributed by atoms with E-state index in [1.807, 2.05) is 0 Å². The summed E-state index contributed by atoms with van der Waals surface area (Å²) in [7, 11) is 0. The van der Waals surface area contributed by atoms with Crippen molar-refractivity contribution in [2.75, 3.05) is 0 Å². The summed E-state index contributed by atoms with van der Waals surface area (Å²) in [5, 5.41) is 9.04. The fraction of sp³-hybridized carbons (Fsp3) is 0.500. The molecule has 3 nitrogen and oxygen atoms in total. The van der Waals surface area contributed by atoms with E-state index in [1.54, 1.807) is 12.3 Å². The van der Waals surface area contributed by atoms with Crippen molar-refractivity contribution in [3.8, 4) is 0 Å². The van der Waals surface area contributed by atoms with E-state index in [1.165, 1.54) is 19.3 Å². The second-order valence-corrected chi connectivity index (χ2v) is 4.61. The Morgan fingerprint density at radius 3 is 2.69 bits per heavy atom. The number of rotatable bonds is 2. The molecule has 0 bridgehead atoms. The van der Waals surface area contributed by atoms with Gasteiger partial charge in [0.25, 0.3) is 0 Å². The normalized spacial score (nSPS) is 17.3. The van der Waals surface area contributed by atoms with Crippen LogP contribution in [-0.4, -0.2) is 16.1 Å². The highest BCUT2D eigenvalue weighted by Crippen LogP contribution is 2.33. The third-order valence-electron chi connectivity index (χ3n) is 3.17. The van der Waals surface area contributed by atoms with Gasteiger partial charge in [-0.05, 0) is 30.4 Å². The molecule has 1 heterocycles. The molecule has 0 spiro atoms. The maximum atomic E-state index is 10.9. The topological polar surface area (TPSA) is 50.2 Å². The Morgan fingerprint density at radius 1 is 1.38 bits per heavy atom. The molecule has 0 radical (unpaired) electrons. The van der Waals surface area contributed by atoms with Crippen LogP contribution < -0.4 is 0 Å². The Labute approximate surface area is 99.5 Å². The number of carbonyl (C=O) groups is 1. The van der Waals surface area contributed by atoms with E-state index in [9.17, 15) is 4.79 Å². The molecule has 4 heteroatoms. The maximum Gasteiger partial charge on any atom is 0.338 e. The summed E-state index contributed by atoms with van der Waals surface area (Å²) in [6.45, 7) is 0. The highest BCUT2D eigenvalue weighted by atomic mass is 35.5. The van der Waals surface area contributed by atoms with Crippen molar-refractivity contribution in [1.29, 1.82) is 0 Å². The highest BCUT2D eigenvalue weighted by Gasteiger charge is 2.18. The number of nitrogens with zero attached hydrogens (tertiary/aromatic N) is 1. The zero-order valence-electron chi connectivity index (χ0n) is 8.95. The first-order valence-electron chi connectivity index (χ1n) is 5.57. The number of carboxylic acid groups (broad SMARTS) is 1. The average molecular weight is 240 g/mol. The molecule has 1 fully saturated rings. The molecule has 86 valence electrons. The molecule has 0 saturated heterocycles. The van der Waals surface area contributed by atoms with Crippen LogP contribution in [0, 0.1) is 0 Å². The van der Waals surface area contributed by atoms with Gasteiger partial charge in [-0.1, -0.05) is 30.9 Å². The van der Waals surface area contributed by atoms with Crippen LogP contribution >= 0.6 is 11.6 Å². The number of halogens is 1. The molecule has 0 amide bonds. The lowest BCUT2D eigenvalue weighted by Gasteiger charge is -2.21. The van der Waals surface area contributed by atoms with E-state index in [-0.39, 0.29) is 10.7 Å². The fourth-order valence-electron chi connectivity index (χ4n) is 2.27. The summed E-state index contributed by atoms with van der Waals surface area (Å²) in [6.07, 6.45) is 7.68. The fourth-order valence-corrected chi connectivity index (χ4v) is 2.46. The van der Waals surface area contributed by atoms with Crippen molar-refractivity contribution < 1.29 is 9.90 Å². The molecular weight excluding hydrogens is 226 g/mol. The Morgan fingerprint density at radius 2 is 2.06 bits per heavy atom. The van der Waals surface area contributed by atoms with Gasteiger partial charge in [0.2, 0.25) is 0 Å². The van der Waals surface area contributed by atoms with Gasteiger partial charge in [0, 0.05) is 6.20 Å². The van der Waals surface area contributed by atoms with Crippen LogP contribution in [0.1, 0.15) is 53.9 Å². The lowest BCUT2D eigenvalue weighted by atomic mass is 9.84. The van der Waals surface area contributed by atoms with Crippen molar-refractivity contribution in [3.63, 3.8) is 0 Å². The van der Waals surface area contributed by atoms with Gasteiger partial charge in [-0.25, -0.2) is 9.78 Å². The third kappa shape index (κ3) is 2.35. The predicted molar refractivity (Wildman–Crippen MR) is 62.0 cm³/mol. The van der Waals surface area contributed by atoms with E-state index < -0.39 is 5.97 Å². The second-order valence-electron chi connectivity index (χ2n) is 4.25. The summed E-state index contributed by atoms with van der Waals surface area (Å²) in [6, 6.07) is 1.67. The van der Waals surface area contributed by atoms with Gasteiger partial charge in [-0.15, -0.1) is 0 Å². The van der Waals surface area contributed by atoms with E-state index >= 15 is 0 Å². The van der Waals surface area contributed by atoms with E-state index in [0.717, 1.165) is 18.4 Å². The van der Waals surface area contributed by atoms with Gasteiger partial charge in [0.15, 0.2) is 0 Å². The molecule has 16 heavy (non-hydrogen) atoms. The number of hydrogen-bond donors (Lipinski definition) is 1. The van der Waals surface area contributed by atoms with Gasteiger partial charge in [0.1, 0.15) is 5.15 Å². The van der Waals surface area contributed by atoms with Gasteiger partial charge < -0.3 is 5.11 Å². The zero-order valence-corrected chi connectivity index (χ0v) is 9.70. The standard InChI is InChI=1S/C12H14ClNO2/c13-11-10(12(15)16)6-9(7-14-11)8-4-2-1-3-5-8/h6-8H,1-5H2,(H,15,16). The molecule has 2 rings (SSSR count). The molecule has 1 aliphatic rings. The van der Waals surface area contributed by atoms with Gasteiger partial charge >= 0.3 is 5.97 Å². The second kappa shape index (κ2) is 4.83. The lowest BCUT2D eigenvalue weighted by Crippen LogP contribution is -2.07. The van der Waals surface area contributed by atoms with E-state index in [0.29, 0.717) is 5.92 Å². The molecule has 1 aliphatic carbocycles. The molecule has 1 saturated carbocycles. The van der Waals surface area contributed by atoms with Crippen molar-refractivity contribution in [3.05, 3.63) is 28.5 Å². The molecular formula is C12H14ClNO2. The minimum Gasteiger partial charge on any atom is -0.478 e. The van der Waals surface area contributed by atoms with E-state index in [2.05, 4.69) is 4.98 Å². The molecule has 0 aliphatic heterocycles. The Hall–Kier alpha value is -1.09. The number of hydrogen-bond acceptors (Lipinski definition) is 2. The Balaban J connectivity index is 2.27. The first kappa shape index (κ1) is 11.4. The van der Waals surface area contributed by atoms with Crippen LogP contribution in [0.15, 0.2) is 12.3 Å². The largest absolute Gasteiger partial charge is 0.478 e. The van der Waals surface area contributed by atoms with Crippen LogP contribution in [-0.2, 0) is 0 Å². The number of aromatic nitrogens is 1. The van der Waals surface area contributed by atoms with Crippen molar-refractivity contribution in [2.24, 2.45) is 0 Å². The van der Waals surface area contributed by atoms with Crippen LogP contribution in [0.3, 0.4) is 0 Å². The summed E-state index contributed by atoms with van der Waals surface area (Å²) in [5.41, 5.74) is 1.13. The zero-order chi connectivity index (χ0) is 11.5. The summed E-state index contributed by atoms with van der Waals surface area (Å²) in [5.74, 6) is -0.549. The van der Waals surface area contributed by atoms with Gasteiger partial charge in [-0.2, -0.15) is 0 Å². The Kier molecular flexibility index (Phi) is 3.44. The summed E-state index contributed by atoms with van der Waals surface area (Å²) in [4.78, 5) is 14.9. The minimum absolute atomic E-state index is 0.0760. The van der Waals surface area contributed by atoms with Crippen LogP contribution in [0.4, 0.5) is 0 Å². The number of aromatic carboxylic acids is 1. The number of pyridine rings is 1. The van der Waals surface area contributed by atoms with Gasteiger partial charge in [0.05, 0.1) is 5.56 Å². The monoisotopic (exact) mass is 239 g/mol. The lowest BCUT2D eigenvalue weighted by molar-refractivity contribution is 0.0696. The SMILES string of the molecule is O=C(O)c1cc(C2CCCCC2)cnc1Cl. The van der Waals surface area contributed by atoms with Crippen LogP contribution in [0.25, 0.3) is 0 Å². The highest BCUT2D eigenvalue weighted by molar-refractivity contribution is 6.32. The molecule has 1 aromatic heterocycles. The van der Waals surface area contributed by atoms with Crippen molar-refractivity contribution >= 4 is 17.6 Å². The third-order valence-corrected chi connectivity index (χ3v) is 3.47.